The van der Waals surface area contributed by atoms with Crippen LogP contribution < -0.4 is 5.73 Å². The van der Waals surface area contributed by atoms with Crippen molar-refractivity contribution in [3.05, 3.63) is 0 Å². The molecule has 2 saturated heterocycles. The molecule has 5 nitrogen and oxygen atoms in total. The first kappa shape index (κ1) is 5.94. The summed E-state index contributed by atoms with van der Waals surface area (Å²) in [4.78, 5) is 10.7. The van der Waals surface area contributed by atoms with Gasteiger partial charge in [0.2, 0.25) is 0 Å². The Labute approximate surface area is 58.9 Å². The molecule has 2 aliphatic heterocycles. The van der Waals surface area contributed by atoms with E-state index in [-0.39, 0.29) is 6.03 Å². The van der Waals surface area contributed by atoms with E-state index in [1.54, 1.807) is 0 Å². The molecule has 2 fully saturated rings. The van der Waals surface area contributed by atoms with Gasteiger partial charge in [-0.25, -0.2) is 4.79 Å². The second-order valence-corrected chi connectivity index (χ2v) is 2.54. The van der Waals surface area contributed by atoms with E-state index in [9.17, 15) is 4.79 Å². The minimum atomic E-state index is -0.366. The van der Waals surface area contributed by atoms with E-state index in [4.69, 9.17) is 5.73 Å². The van der Waals surface area contributed by atoms with E-state index < -0.39 is 0 Å². The van der Waals surface area contributed by atoms with Gasteiger partial charge in [-0.1, -0.05) is 0 Å². The largest absolute Gasteiger partial charge is 0.349 e. The standard InChI is InChI=1S/C5H10N4O/c6-5(10)9(7-1-2-7)8-3-4-8/h1-4H2,(H2,6,10). The van der Waals surface area contributed by atoms with Gasteiger partial charge in [-0.3, -0.25) is 0 Å². The van der Waals surface area contributed by atoms with Gasteiger partial charge < -0.3 is 5.73 Å². The molecule has 10 heavy (non-hydrogen) atoms. The zero-order chi connectivity index (χ0) is 7.14. The Morgan fingerprint density at radius 1 is 1.20 bits per heavy atom. The summed E-state index contributed by atoms with van der Waals surface area (Å²) in [6.07, 6.45) is 0. The lowest BCUT2D eigenvalue weighted by Crippen LogP contribution is -2.43. The van der Waals surface area contributed by atoms with Crippen molar-refractivity contribution in [2.45, 2.75) is 0 Å². The van der Waals surface area contributed by atoms with Crippen molar-refractivity contribution in [2.24, 2.45) is 5.73 Å². The van der Waals surface area contributed by atoms with Gasteiger partial charge in [-0.2, -0.15) is 15.1 Å². The van der Waals surface area contributed by atoms with Crippen molar-refractivity contribution in [2.75, 3.05) is 26.2 Å². The van der Waals surface area contributed by atoms with Crippen LogP contribution in [0.4, 0.5) is 4.79 Å². The third-order valence-electron chi connectivity index (χ3n) is 1.58. The fourth-order valence-electron chi connectivity index (χ4n) is 0.926. The first-order valence-corrected chi connectivity index (χ1v) is 3.38. The quantitative estimate of drug-likeness (QED) is 0.494. The third kappa shape index (κ3) is 0.932. The second kappa shape index (κ2) is 1.83. The fraction of sp³-hybridized carbons (Fsp3) is 0.800. The SMILES string of the molecule is NC(=O)N(N1CC1)N1CC1. The lowest BCUT2D eigenvalue weighted by atomic mass is 11.0. The van der Waals surface area contributed by atoms with E-state index in [0.717, 1.165) is 26.2 Å². The maximum Gasteiger partial charge on any atom is 0.344 e. The first-order chi connectivity index (χ1) is 4.79. The predicted molar refractivity (Wildman–Crippen MR) is 34.6 cm³/mol. The molecule has 2 N–H and O–H groups in total. The van der Waals surface area contributed by atoms with Crippen LogP contribution in [-0.4, -0.2) is 47.3 Å². The number of nitrogens with two attached hydrogens (primary N) is 1. The molecule has 0 aromatic carbocycles. The topological polar surface area (TPSA) is 52.4 Å². The van der Waals surface area contributed by atoms with Crippen LogP contribution in [-0.2, 0) is 0 Å². The summed E-state index contributed by atoms with van der Waals surface area (Å²) >= 11 is 0. The Bertz CT molecular complexity index is 151. The molecule has 0 aromatic rings. The van der Waals surface area contributed by atoms with Crippen LogP contribution in [0.1, 0.15) is 0 Å². The molecule has 5 heteroatoms. The molecule has 0 spiro atoms. The molecule has 0 aromatic heterocycles. The monoisotopic (exact) mass is 142 g/mol. The van der Waals surface area contributed by atoms with Crippen LogP contribution in [0.2, 0.25) is 0 Å². The Morgan fingerprint density at radius 3 is 1.80 bits per heavy atom. The van der Waals surface area contributed by atoms with Crippen molar-refractivity contribution in [3.8, 4) is 0 Å². The highest BCUT2D eigenvalue weighted by atomic mass is 16.2. The molecular weight excluding hydrogens is 132 g/mol. The maximum atomic E-state index is 10.7. The number of hydrogen-bond acceptors (Lipinski definition) is 3. The van der Waals surface area contributed by atoms with Crippen molar-refractivity contribution in [3.63, 3.8) is 0 Å². The lowest BCUT2D eigenvalue weighted by molar-refractivity contribution is 0.00205. The van der Waals surface area contributed by atoms with Gasteiger partial charge in [0.15, 0.2) is 0 Å². The third-order valence-corrected chi connectivity index (χ3v) is 1.58. The first-order valence-electron chi connectivity index (χ1n) is 3.38. The molecule has 2 rings (SSSR count). The van der Waals surface area contributed by atoms with Crippen LogP contribution in [0, 0.1) is 0 Å². The lowest BCUT2D eigenvalue weighted by Gasteiger charge is -2.20. The van der Waals surface area contributed by atoms with Crippen molar-refractivity contribution < 1.29 is 4.79 Å². The predicted octanol–water partition coefficient (Wildman–Crippen LogP) is -1.17. The highest BCUT2D eigenvalue weighted by Gasteiger charge is 2.37. The van der Waals surface area contributed by atoms with Gasteiger partial charge in [-0.05, 0) is 0 Å². The summed E-state index contributed by atoms with van der Waals surface area (Å²) in [5.74, 6) is 0. The number of rotatable bonds is 2. The molecule has 0 bridgehead atoms. The average Bonchev–Trinajstić information content (AvgIpc) is 2.49. The smallest absolute Gasteiger partial charge is 0.344 e. The molecular formula is C5H10N4O. The number of hydrazine groups is 2. The summed E-state index contributed by atoms with van der Waals surface area (Å²) in [5, 5.41) is 5.35. The van der Waals surface area contributed by atoms with E-state index in [2.05, 4.69) is 0 Å². The molecule has 56 valence electrons. The van der Waals surface area contributed by atoms with Gasteiger partial charge >= 0.3 is 6.03 Å². The fourth-order valence-corrected chi connectivity index (χ4v) is 0.926. The number of primary amides is 1. The molecule has 0 saturated carbocycles. The van der Waals surface area contributed by atoms with E-state index in [0.29, 0.717) is 0 Å². The number of urea groups is 1. The number of hydrogen-bond donors (Lipinski definition) is 1. The Kier molecular flexibility index (Phi) is 1.09. The summed E-state index contributed by atoms with van der Waals surface area (Å²) in [6.45, 7) is 3.83. The summed E-state index contributed by atoms with van der Waals surface area (Å²) < 4.78 is 0. The zero-order valence-electron chi connectivity index (χ0n) is 5.66. The minimum absolute atomic E-state index is 0.366. The van der Waals surface area contributed by atoms with Crippen LogP contribution in [0.25, 0.3) is 0 Å². The summed E-state index contributed by atoms with van der Waals surface area (Å²) in [6, 6.07) is -0.366. The van der Waals surface area contributed by atoms with Gasteiger partial charge in [0, 0.05) is 26.2 Å². The average molecular weight is 142 g/mol. The van der Waals surface area contributed by atoms with Gasteiger partial charge in [0.1, 0.15) is 0 Å². The van der Waals surface area contributed by atoms with E-state index in [1.165, 1.54) is 5.12 Å². The minimum Gasteiger partial charge on any atom is -0.349 e. The molecule has 2 heterocycles. The van der Waals surface area contributed by atoms with Crippen molar-refractivity contribution in [1.82, 2.24) is 15.1 Å². The molecule has 0 unspecified atom stereocenters. The highest BCUT2D eigenvalue weighted by Crippen LogP contribution is 2.17. The molecule has 2 aliphatic rings. The Hall–Kier alpha value is -0.810. The van der Waals surface area contributed by atoms with Crippen molar-refractivity contribution >= 4 is 6.03 Å². The van der Waals surface area contributed by atoms with Gasteiger partial charge in [0.05, 0.1) is 0 Å². The van der Waals surface area contributed by atoms with Crippen LogP contribution in [0.15, 0.2) is 0 Å². The van der Waals surface area contributed by atoms with Gasteiger partial charge in [0.25, 0.3) is 0 Å². The normalized spacial score (nSPS) is 24.4. The number of nitrogens with zero attached hydrogens (tertiary/aromatic N) is 3. The summed E-state index contributed by atoms with van der Waals surface area (Å²) in [5.41, 5.74) is 5.12. The molecule has 0 atom stereocenters. The number of amides is 2. The second-order valence-electron chi connectivity index (χ2n) is 2.54. The Balaban J connectivity index is 1.98. The number of carbonyl (C=O) groups is 1. The van der Waals surface area contributed by atoms with Crippen LogP contribution in [0.3, 0.4) is 0 Å². The number of carbonyl (C=O) groups excluding carboxylic acids is 1. The van der Waals surface area contributed by atoms with E-state index >= 15 is 0 Å². The zero-order valence-corrected chi connectivity index (χ0v) is 5.66. The molecule has 0 radical (unpaired) electrons. The van der Waals surface area contributed by atoms with Crippen LogP contribution in [0.5, 0.6) is 0 Å². The Morgan fingerprint density at radius 2 is 1.60 bits per heavy atom. The van der Waals surface area contributed by atoms with Crippen molar-refractivity contribution in [1.29, 1.82) is 0 Å². The van der Waals surface area contributed by atoms with Gasteiger partial charge in [-0.15, -0.1) is 0 Å². The maximum absolute atomic E-state index is 10.7. The molecule has 2 amide bonds. The van der Waals surface area contributed by atoms with E-state index in [1.807, 2.05) is 10.0 Å². The highest BCUT2D eigenvalue weighted by molar-refractivity contribution is 5.71. The van der Waals surface area contributed by atoms with Crippen LogP contribution >= 0.6 is 0 Å². The molecule has 0 aliphatic carbocycles. The summed E-state index contributed by atoms with van der Waals surface area (Å²) in [7, 11) is 0.